The lowest BCUT2D eigenvalue weighted by atomic mass is 10.2. The molecular weight excluding hydrogens is 321 g/mol. The van der Waals surface area contributed by atoms with E-state index in [1.807, 2.05) is 12.1 Å². The molecule has 1 fully saturated rings. The predicted molar refractivity (Wildman–Crippen MR) is 88.7 cm³/mol. The van der Waals surface area contributed by atoms with E-state index in [2.05, 4.69) is 20.7 Å². The molecule has 7 nitrogen and oxygen atoms in total. The standard InChI is InChI=1S/C17H12FN7/c18-11-3-10(7-19)4-13(5-11)23-16-6-15(22-12-1-2-12)17-21-9-14(8-20)25(17)24-16/h3-6,9,12,22H,1-2H2,(H,23,24). The maximum absolute atomic E-state index is 13.6. The summed E-state index contributed by atoms with van der Waals surface area (Å²) in [5.74, 6) is -0.0982. The van der Waals surface area contributed by atoms with Crippen molar-refractivity contribution in [2.75, 3.05) is 10.6 Å². The number of hydrogen-bond donors (Lipinski definition) is 2. The molecule has 1 aliphatic rings. The van der Waals surface area contributed by atoms with Gasteiger partial charge in [0.15, 0.2) is 17.2 Å². The van der Waals surface area contributed by atoms with E-state index in [4.69, 9.17) is 5.26 Å². The van der Waals surface area contributed by atoms with Gasteiger partial charge in [-0.05, 0) is 31.0 Å². The number of halogens is 1. The number of nitriles is 2. The first-order valence-electron chi connectivity index (χ1n) is 7.69. The summed E-state index contributed by atoms with van der Waals surface area (Å²) >= 11 is 0. The second-order valence-corrected chi connectivity index (χ2v) is 5.82. The molecule has 122 valence electrons. The number of imidazole rings is 1. The summed E-state index contributed by atoms with van der Waals surface area (Å²) in [5.41, 5.74) is 2.22. The molecule has 1 saturated carbocycles. The normalized spacial score (nSPS) is 13.2. The molecule has 25 heavy (non-hydrogen) atoms. The molecule has 0 radical (unpaired) electrons. The second-order valence-electron chi connectivity index (χ2n) is 5.82. The molecule has 1 aromatic carbocycles. The Balaban J connectivity index is 1.77. The molecule has 3 aromatic rings. The number of nitrogens with zero attached hydrogens (tertiary/aromatic N) is 5. The highest BCUT2D eigenvalue weighted by Gasteiger charge is 2.23. The van der Waals surface area contributed by atoms with Gasteiger partial charge in [0.25, 0.3) is 0 Å². The average Bonchev–Trinajstić information content (AvgIpc) is 3.31. The van der Waals surface area contributed by atoms with Crippen LogP contribution in [-0.4, -0.2) is 20.6 Å². The Hall–Kier alpha value is -3.65. The van der Waals surface area contributed by atoms with Gasteiger partial charge < -0.3 is 10.6 Å². The van der Waals surface area contributed by atoms with Gasteiger partial charge in [0, 0.05) is 17.8 Å². The lowest BCUT2D eigenvalue weighted by molar-refractivity contribution is 0.628. The van der Waals surface area contributed by atoms with Crippen LogP contribution in [0, 0.1) is 28.5 Å². The van der Waals surface area contributed by atoms with E-state index in [-0.39, 0.29) is 5.56 Å². The molecule has 2 N–H and O–H groups in total. The third-order valence-electron chi connectivity index (χ3n) is 3.82. The highest BCUT2D eigenvalue weighted by atomic mass is 19.1. The number of aromatic nitrogens is 3. The van der Waals surface area contributed by atoms with Gasteiger partial charge in [0.1, 0.15) is 11.9 Å². The summed E-state index contributed by atoms with van der Waals surface area (Å²) in [5, 5.41) is 28.9. The lowest BCUT2D eigenvalue weighted by Crippen LogP contribution is -2.07. The van der Waals surface area contributed by atoms with Crippen LogP contribution in [0.3, 0.4) is 0 Å². The van der Waals surface area contributed by atoms with E-state index < -0.39 is 5.82 Å². The molecule has 0 spiro atoms. The number of hydrogen-bond acceptors (Lipinski definition) is 6. The van der Waals surface area contributed by atoms with Crippen molar-refractivity contribution in [1.82, 2.24) is 14.6 Å². The van der Waals surface area contributed by atoms with E-state index >= 15 is 0 Å². The Morgan fingerprint density at radius 3 is 2.72 bits per heavy atom. The minimum Gasteiger partial charge on any atom is -0.379 e. The Bertz CT molecular complexity index is 1050. The molecule has 0 aliphatic heterocycles. The number of fused-ring (bicyclic) bond motifs is 1. The van der Waals surface area contributed by atoms with E-state index in [1.165, 1.54) is 22.8 Å². The largest absolute Gasteiger partial charge is 0.379 e. The summed E-state index contributed by atoms with van der Waals surface area (Å²) in [7, 11) is 0. The van der Waals surface area contributed by atoms with Crippen LogP contribution in [0.5, 0.6) is 0 Å². The first-order valence-corrected chi connectivity index (χ1v) is 7.69. The Labute approximate surface area is 142 Å². The molecule has 8 heteroatoms. The Morgan fingerprint density at radius 2 is 2.00 bits per heavy atom. The van der Waals surface area contributed by atoms with Crippen molar-refractivity contribution >= 4 is 22.8 Å². The van der Waals surface area contributed by atoms with Crippen molar-refractivity contribution in [3.63, 3.8) is 0 Å². The van der Waals surface area contributed by atoms with Gasteiger partial charge in [-0.1, -0.05) is 0 Å². The molecule has 0 unspecified atom stereocenters. The van der Waals surface area contributed by atoms with Crippen LogP contribution in [0.25, 0.3) is 5.65 Å². The quantitative estimate of drug-likeness (QED) is 0.761. The minimum absolute atomic E-state index is 0.209. The van der Waals surface area contributed by atoms with Crippen molar-refractivity contribution in [2.45, 2.75) is 18.9 Å². The van der Waals surface area contributed by atoms with E-state index in [0.717, 1.165) is 24.6 Å². The van der Waals surface area contributed by atoms with Gasteiger partial charge in [0.2, 0.25) is 0 Å². The third-order valence-corrected chi connectivity index (χ3v) is 3.82. The summed E-state index contributed by atoms with van der Waals surface area (Å²) in [4.78, 5) is 4.24. The van der Waals surface area contributed by atoms with Crippen molar-refractivity contribution in [1.29, 1.82) is 10.5 Å². The summed E-state index contributed by atoms with van der Waals surface area (Å²) in [6.45, 7) is 0. The SMILES string of the molecule is N#Cc1cc(F)cc(Nc2cc(NC3CC3)c3ncc(C#N)n3n2)c1. The molecule has 0 amide bonds. The van der Waals surface area contributed by atoms with Crippen molar-refractivity contribution in [3.05, 3.63) is 47.5 Å². The fourth-order valence-corrected chi connectivity index (χ4v) is 2.53. The third kappa shape index (κ3) is 2.93. The molecule has 2 aromatic heterocycles. The zero-order valence-electron chi connectivity index (χ0n) is 13.0. The molecule has 0 atom stereocenters. The average molecular weight is 333 g/mol. The van der Waals surface area contributed by atoms with Crippen LogP contribution in [0.1, 0.15) is 24.1 Å². The zero-order chi connectivity index (χ0) is 17.4. The van der Waals surface area contributed by atoms with Crippen LogP contribution >= 0.6 is 0 Å². The van der Waals surface area contributed by atoms with E-state index in [9.17, 15) is 9.65 Å². The molecule has 4 rings (SSSR count). The second kappa shape index (κ2) is 5.77. The summed E-state index contributed by atoms with van der Waals surface area (Å²) in [6, 6.07) is 10.1. The first-order chi connectivity index (χ1) is 12.2. The zero-order valence-corrected chi connectivity index (χ0v) is 13.0. The van der Waals surface area contributed by atoms with Crippen LogP contribution < -0.4 is 10.6 Å². The maximum atomic E-state index is 13.6. The van der Waals surface area contributed by atoms with Gasteiger partial charge in [-0.3, -0.25) is 0 Å². The monoisotopic (exact) mass is 333 g/mol. The van der Waals surface area contributed by atoms with E-state index in [0.29, 0.717) is 28.9 Å². The van der Waals surface area contributed by atoms with Gasteiger partial charge in [-0.15, -0.1) is 5.10 Å². The van der Waals surface area contributed by atoms with Gasteiger partial charge in [0.05, 0.1) is 23.5 Å². The molecule has 2 heterocycles. The van der Waals surface area contributed by atoms with Crippen LogP contribution in [0.4, 0.5) is 21.6 Å². The van der Waals surface area contributed by atoms with E-state index in [1.54, 1.807) is 6.07 Å². The molecular formula is C17H12FN7. The number of benzene rings is 1. The minimum atomic E-state index is -0.515. The summed E-state index contributed by atoms with van der Waals surface area (Å²) < 4.78 is 15.1. The molecule has 1 aliphatic carbocycles. The number of anilines is 3. The maximum Gasteiger partial charge on any atom is 0.178 e. The fourth-order valence-electron chi connectivity index (χ4n) is 2.53. The van der Waals surface area contributed by atoms with Crippen LogP contribution in [-0.2, 0) is 0 Å². The topological polar surface area (TPSA) is 102 Å². The van der Waals surface area contributed by atoms with Crippen LogP contribution in [0.15, 0.2) is 30.5 Å². The predicted octanol–water partition coefficient (Wildman–Crippen LogP) is 2.93. The molecule has 0 bridgehead atoms. The van der Waals surface area contributed by atoms with Crippen molar-refractivity contribution in [3.8, 4) is 12.1 Å². The smallest absolute Gasteiger partial charge is 0.178 e. The van der Waals surface area contributed by atoms with Gasteiger partial charge in [-0.2, -0.15) is 15.0 Å². The van der Waals surface area contributed by atoms with Gasteiger partial charge >= 0.3 is 0 Å². The Kier molecular flexibility index (Phi) is 3.44. The molecule has 0 saturated heterocycles. The summed E-state index contributed by atoms with van der Waals surface area (Å²) in [6.07, 6.45) is 3.62. The highest BCUT2D eigenvalue weighted by molar-refractivity contribution is 5.73. The Morgan fingerprint density at radius 1 is 1.16 bits per heavy atom. The van der Waals surface area contributed by atoms with Crippen LogP contribution in [0.2, 0.25) is 0 Å². The highest BCUT2D eigenvalue weighted by Crippen LogP contribution is 2.29. The lowest BCUT2D eigenvalue weighted by Gasteiger charge is -2.11. The van der Waals surface area contributed by atoms with Gasteiger partial charge in [-0.25, -0.2) is 9.37 Å². The number of rotatable bonds is 4. The first kappa shape index (κ1) is 14.9. The fraction of sp³-hybridized carbons (Fsp3) is 0.176. The van der Waals surface area contributed by atoms with Crippen molar-refractivity contribution in [2.24, 2.45) is 0 Å². The number of nitrogens with one attached hydrogen (secondary N) is 2. The van der Waals surface area contributed by atoms with Crippen molar-refractivity contribution < 1.29 is 4.39 Å².